The SMILES string of the molecule is COc1cccc(C=CCCS)c1C#N. The van der Waals surface area contributed by atoms with Gasteiger partial charge in [-0.25, -0.2) is 0 Å². The van der Waals surface area contributed by atoms with E-state index in [1.54, 1.807) is 13.2 Å². The average molecular weight is 219 g/mol. The van der Waals surface area contributed by atoms with Crippen LogP contribution in [0.4, 0.5) is 0 Å². The van der Waals surface area contributed by atoms with Crippen molar-refractivity contribution in [1.29, 1.82) is 5.26 Å². The van der Waals surface area contributed by atoms with E-state index in [2.05, 4.69) is 18.7 Å². The Morgan fingerprint density at radius 1 is 1.53 bits per heavy atom. The van der Waals surface area contributed by atoms with Gasteiger partial charge >= 0.3 is 0 Å². The maximum atomic E-state index is 9.01. The molecule has 0 aliphatic rings. The number of nitrogens with zero attached hydrogens (tertiary/aromatic N) is 1. The zero-order valence-electron chi connectivity index (χ0n) is 8.60. The van der Waals surface area contributed by atoms with E-state index in [1.165, 1.54) is 0 Å². The van der Waals surface area contributed by atoms with Crippen molar-refractivity contribution in [1.82, 2.24) is 0 Å². The number of rotatable bonds is 4. The number of thiol groups is 1. The number of ether oxygens (including phenoxy) is 1. The van der Waals surface area contributed by atoms with E-state index in [4.69, 9.17) is 10.00 Å². The van der Waals surface area contributed by atoms with Gasteiger partial charge in [-0.2, -0.15) is 17.9 Å². The van der Waals surface area contributed by atoms with Crippen LogP contribution < -0.4 is 4.74 Å². The van der Waals surface area contributed by atoms with Crippen LogP contribution in [0.3, 0.4) is 0 Å². The molecule has 0 fully saturated rings. The van der Waals surface area contributed by atoms with Crippen LogP contribution in [0, 0.1) is 11.3 Å². The van der Waals surface area contributed by atoms with Crippen molar-refractivity contribution in [2.75, 3.05) is 12.9 Å². The molecule has 0 aromatic heterocycles. The summed E-state index contributed by atoms with van der Waals surface area (Å²) in [6.07, 6.45) is 4.82. The molecule has 2 nitrogen and oxygen atoms in total. The van der Waals surface area contributed by atoms with Crippen LogP contribution in [0.1, 0.15) is 17.5 Å². The molecule has 0 bridgehead atoms. The fourth-order valence-electron chi connectivity index (χ4n) is 1.26. The molecule has 15 heavy (non-hydrogen) atoms. The second kappa shape index (κ2) is 6.15. The standard InChI is InChI=1S/C12H13NOS/c1-14-12-7-4-6-10(11(12)9-13)5-2-3-8-15/h2,4-7,15H,3,8H2,1H3. The molecule has 3 heteroatoms. The van der Waals surface area contributed by atoms with Crippen molar-refractivity contribution in [3.8, 4) is 11.8 Å². The van der Waals surface area contributed by atoms with E-state index in [0.717, 1.165) is 17.7 Å². The van der Waals surface area contributed by atoms with E-state index in [-0.39, 0.29) is 0 Å². The van der Waals surface area contributed by atoms with Gasteiger partial charge in [0.1, 0.15) is 17.4 Å². The van der Waals surface area contributed by atoms with Gasteiger partial charge in [-0.3, -0.25) is 0 Å². The summed E-state index contributed by atoms with van der Waals surface area (Å²) < 4.78 is 5.11. The predicted molar refractivity (Wildman–Crippen MR) is 65.2 cm³/mol. The zero-order chi connectivity index (χ0) is 11.1. The third kappa shape index (κ3) is 3.03. The van der Waals surface area contributed by atoms with Gasteiger partial charge in [-0.15, -0.1) is 0 Å². The Hall–Kier alpha value is -1.40. The molecule has 0 saturated heterocycles. The Balaban J connectivity index is 3.02. The van der Waals surface area contributed by atoms with Crippen molar-refractivity contribution in [3.05, 3.63) is 35.4 Å². The first-order chi connectivity index (χ1) is 7.33. The first-order valence-corrected chi connectivity index (χ1v) is 5.31. The molecule has 0 saturated carbocycles. The summed E-state index contributed by atoms with van der Waals surface area (Å²) in [5, 5.41) is 9.01. The quantitative estimate of drug-likeness (QED) is 0.790. The first-order valence-electron chi connectivity index (χ1n) is 4.68. The van der Waals surface area contributed by atoms with Gasteiger partial charge < -0.3 is 4.74 Å². The molecule has 0 amide bonds. The number of benzene rings is 1. The fourth-order valence-corrected chi connectivity index (χ4v) is 1.41. The van der Waals surface area contributed by atoms with Crippen molar-refractivity contribution >= 4 is 18.7 Å². The summed E-state index contributed by atoms with van der Waals surface area (Å²) in [5.74, 6) is 1.42. The maximum Gasteiger partial charge on any atom is 0.137 e. The Bertz CT molecular complexity index is 393. The fraction of sp³-hybridized carbons (Fsp3) is 0.250. The molecule has 0 aliphatic carbocycles. The maximum absolute atomic E-state index is 9.01. The Kier molecular flexibility index (Phi) is 4.79. The summed E-state index contributed by atoms with van der Waals surface area (Å²) in [5.41, 5.74) is 1.47. The Morgan fingerprint density at radius 3 is 2.93 bits per heavy atom. The van der Waals surface area contributed by atoms with Crippen molar-refractivity contribution in [3.63, 3.8) is 0 Å². The summed E-state index contributed by atoms with van der Waals surface area (Å²) >= 11 is 4.11. The molecule has 1 aromatic carbocycles. The molecule has 78 valence electrons. The van der Waals surface area contributed by atoms with Crippen LogP contribution in [0.15, 0.2) is 24.3 Å². The first kappa shape index (κ1) is 11.7. The van der Waals surface area contributed by atoms with Crippen LogP contribution in [-0.2, 0) is 0 Å². The highest BCUT2D eigenvalue weighted by Gasteiger charge is 2.04. The van der Waals surface area contributed by atoms with Crippen molar-refractivity contribution in [2.45, 2.75) is 6.42 Å². The van der Waals surface area contributed by atoms with Crippen LogP contribution in [0.25, 0.3) is 6.08 Å². The summed E-state index contributed by atoms with van der Waals surface area (Å²) in [7, 11) is 1.57. The minimum atomic E-state index is 0.579. The number of hydrogen-bond acceptors (Lipinski definition) is 3. The van der Waals surface area contributed by atoms with Crippen molar-refractivity contribution in [2.24, 2.45) is 0 Å². The highest BCUT2D eigenvalue weighted by Crippen LogP contribution is 2.22. The number of allylic oxidation sites excluding steroid dienone is 1. The molecule has 0 atom stereocenters. The van der Waals surface area contributed by atoms with E-state index >= 15 is 0 Å². The van der Waals surface area contributed by atoms with Crippen LogP contribution in [0.5, 0.6) is 5.75 Å². The van der Waals surface area contributed by atoms with Gasteiger partial charge in [0, 0.05) is 0 Å². The molecular formula is C12H13NOS. The monoisotopic (exact) mass is 219 g/mol. The lowest BCUT2D eigenvalue weighted by Crippen LogP contribution is -1.90. The summed E-state index contributed by atoms with van der Waals surface area (Å²) in [6.45, 7) is 0. The van der Waals surface area contributed by atoms with Crippen molar-refractivity contribution < 1.29 is 4.74 Å². The molecule has 1 aromatic rings. The lowest BCUT2D eigenvalue weighted by molar-refractivity contribution is 0.413. The van der Waals surface area contributed by atoms with E-state index < -0.39 is 0 Å². The van der Waals surface area contributed by atoms with E-state index in [0.29, 0.717) is 11.3 Å². The molecule has 0 aliphatic heterocycles. The smallest absolute Gasteiger partial charge is 0.137 e. The zero-order valence-corrected chi connectivity index (χ0v) is 9.50. The second-order valence-corrected chi connectivity index (χ2v) is 3.40. The van der Waals surface area contributed by atoms with E-state index in [1.807, 2.05) is 24.3 Å². The second-order valence-electron chi connectivity index (χ2n) is 2.95. The summed E-state index contributed by atoms with van der Waals surface area (Å²) in [4.78, 5) is 0. The predicted octanol–water partition coefficient (Wildman–Crippen LogP) is 2.90. The minimum Gasteiger partial charge on any atom is -0.495 e. The molecule has 0 N–H and O–H groups in total. The third-order valence-corrected chi connectivity index (χ3v) is 2.24. The molecular weight excluding hydrogens is 206 g/mol. The van der Waals surface area contributed by atoms with Crippen LogP contribution in [0.2, 0.25) is 0 Å². The highest BCUT2D eigenvalue weighted by atomic mass is 32.1. The molecule has 0 unspecified atom stereocenters. The topological polar surface area (TPSA) is 33.0 Å². The van der Waals surface area contributed by atoms with Gasteiger partial charge in [0.05, 0.1) is 7.11 Å². The number of methoxy groups -OCH3 is 1. The Labute approximate surface area is 95.6 Å². The highest BCUT2D eigenvalue weighted by molar-refractivity contribution is 7.80. The molecule has 0 spiro atoms. The Morgan fingerprint density at radius 2 is 2.33 bits per heavy atom. The van der Waals surface area contributed by atoms with Gasteiger partial charge in [0.2, 0.25) is 0 Å². The lowest BCUT2D eigenvalue weighted by atomic mass is 10.1. The normalized spacial score (nSPS) is 10.2. The average Bonchev–Trinajstić information content (AvgIpc) is 2.29. The largest absolute Gasteiger partial charge is 0.495 e. The van der Waals surface area contributed by atoms with Gasteiger partial charge in [0.15, 0.2) is 0 Å². The van der Waals surface area contributed by atoms with Crippen LogP contribution >= 0.6 is 12.6 Å². The lowest BCUT2D eigenvalue weighted by Gasteiger charge is -2.04. The number of hydrogen-bond donors (Lipinski definition) is 1. The number of nitriles is 1. The van der Waals surface area contributed by atoms with Gasteiger partial charge in [-0.1, -0.05) is 24.3 Å². The molecule has 0 radical (unpaired) electrons. The van der Waals surface area contributed by atoms with Crippen LogP contribution in [-0.4, -0.2) is 12.9 Å². The van der Waals surface area contributed by atoms with Gasteiger partial charge in [0.25, 0.3) is 0 Å². The molecule has 0 heterocycles. The third-order valence-electron chi connectivity index (χ3n) is 1.98. The van der Waals surface area contributed by atoms with E-state index in [9.17, 15) is 0 Å². The minimum absolute atomic E-state index is 0.579. The summed E-state index contributed by atoms with van der Waals surface area (Å²) in [6, 6.07) is 7.71. The van der Waals surface area contributed by atoms with Gasteiger partial charge in [-0.05, 0) is 23.8 Å². The molecule has 1 rings (SSSR count).